The van der Waals surface area contributed by atoms with Gasteiger partial charge in [-0.1, -0.05) is 6.08 Å². The van der Waals surface area contributed by atoms with E-state index in [2.05, 4.69) is 21.0 Å². The molecule has 0 aromatic carbocycles. The Labute approximate surface area is 138 Å². The Morgan fingerprint density at radius 1 is 1.33 bits per heavy atom. The number of pyridine rings is 1. The number of carbonyl (C=O) groups excluding carboxylic acids is 1. The summed E-state index contributed by atoms with van der Waals surface area (Å²) in [7, 11) is 0. The number of H-pyrrole nitrogens is 1. The summed E-state index contributed by atoms with van der Waals surface area (Å²) in [5.74, 6) is 1.26. The molecule has 5 rings (SSSR count). The van der Waals surface area contributed by atoms with E-state index in [1.54, 1.807) is 6.20 Å². The molecular formula is C18H17N5O. The lowest BCUT2D eigenvalue weighted by molar-refractivity contribution is -0.131. The van der Waals surface area contributed by atoms with Crippen LogP contribution in [-0.2, 0) is 4.79 Å². The molecule has 0 radical (unpaired) electrons. The van der Waals surface area contributed by atoms with Crippen molar-refractivity contribution in [3.63, 3.8) is 0 Å². The Kier molecular flexibility index (Phi) is 2.77. The second-order valence-electron chi connectivity index (χ2n) is 6.60. The van der Waals surface area contributed by atoms with Crippen LogP contribution in [0.3, 0.4) is 0 Å². The Hall–Kier alpha value is -2.76. The second kappa shape index (κ2) is 4.87. The molecule has 0 spiro atoms. The first-order valence-corrected chi connectivity index (χ1v) is 8.29. The molecule has 1 aliphatic heterocycles. The van der Waals surface area contributed by atoms with Crippen molar-refractivity contribution in [3.8, 4) is 0 Å². The van der Waals surface area contributed by atoms with Crippen LogP contribution in [0.2, 0.25) is 0 Å². The average molecular weight is 319 g/mol. The number of hydrogen-bond acceptors (Lipinski definition) is 4. The highest BCUT2D eigenvalue weighted by Crippen LogP contribution is 2.35. The first-order valence-electron chi connectivity index (χ1n) is 8.29. The summed E-state index contributed by atoms with van der Waals surface area (Å²) in [5.41, 5.74) is 3.71. The first kappa shape index (κ1) is 13.7. The Balaban J connectivity index is 1.63. The lowest BCUT2D eigenvalue weighted by atomic mass is 10.1. The van der Waals surface area contributed by atoms with Gasteiger partial charge in [-0.3, -0.25) is 4.79 Å². The highest BCUT2D eigenvalue weighted by molar-refractivity contribution is 6.08. The van der Waals surface area contributed by atoms with Crippen LogP contribution in [0.5, 0.6) is 0 Å². The van der Waals surface area contributed by atoms with Gasteiger partial charge in [0.2, 0.25) is 5.91 Å². The molecule has 1 aliphatic carbocycles. The lowest BCUT2D eigenvalue weighted by Gasteiger charge is -2.16. The van der Waals surface area contributed by atoms with Gasteiger partial charge in [-0.15, -0.1) is 0 Å². The number of aryl methyl sites for hydroxylation is 1. The minimum absolute atomic E-state index is 0.252. The van der Waals surface area contributed by atoms with E-state index in [4.69, 9.17) is 4.98 Å². The van der Waals surface area contributed by atoms with Gasteiger partial charge in [-0.2, -0.15) is 0 Å². The number of fused-ring (bicyclic) bond motifs is 3. The van der Waals surface area contributed by atoms with E-state index in [0.29, 0.717) is 13.1 Å². The minimum atomic E-state index is 0.252. The third-order valence-electron chi connectivity index (χ3n) is 4.82. The lowest BCUT2D eigenvalue weighted by Crippen LogP contribution is -2.30. The van der Waals surface area contributed by atoms with Crippen molar-refractivity contribution in [3.05, 3.63) is 36.1 Å². The monoisotopic (exact) mass is 319 g/mol. The molecule has 1 fully saturated rings. The molecule has 4 heterocycles. The normalized spacial score (nSPS) is 17.7. The van der Waals surface area contributed by atoms with Crippen LogP contribution in [0.4, 0.5) is 0 Å². The van der Waals surface area contributed by atoms with Gasteiger partial charge in [0, 0.05) is 36.0 Å². The third-order valence-corrected chi connectivity index (χ3v) is 4.82. The van der Waals surface area contributed by atoms with Crippen LogP contribution in [0.1, 0.15) is 24.4 Å². The van der Waals surface area contributed by atoms with Gasteiger partial charge >= 0.3 is 0 Å². The summed E-state index contributed by atoms with van der Waals surface area (Å²) in [4.78, 5) is 31.1. The van der Waals surface area contributed by atoms with E-state index in [9.17, 15) is 4.79 Å². The van der Waals surface area contributed by atoms with Crippen molar-refractivity contribution in [1.82, 2.24) is 24.8 Å². The summed E-state index contributed by atoms with van der Waals surface area (Å²) in [5, 5.41) is 2.04. The number of rotatable bonds is 2. The summed E-state index contributed by atoms with van der Waals surface area (Å²) < 4.78 is 0. The molecule has 0 saturated heterocycles. The Morgan fingerprint density at radius 3 is 3.04 bits per heavy atom. The van der Waals surface area contributed by atoms with Crippen LogP contribution >= 0.6 is 0 Å². The van der Waals surface area contributed by atoms with E-state index >= 15 is 0 Å². The van der Waals surface area contributed by atoms with Crippen molar-refractivity contribution in [2.24, 2.45) is 5.92 Å². The number of hydrogen-bond donors (Lipinski definition) is 1. The molecule has 3 aromatic rings. The number of carbonyl (C=O) groups is 1. The van der Waals surface area contributed by atoms with Gasteiger partial charge in [0.25, 0.3) is 0 Å². The van der Waals surface area contributed by atoms with Gasteiger partial charge < -0.3 is 9.88 Å². The molecule has 6 nitrogen and oxygen atoms in total. The van der Waals surface area contributed by atoms with Crippen molar-refractivity contribution in [2.45, 2.75) is 19.8 Å². The molecule has 120 valence electrons. The quantitative estimate of drug-likeness (QED) is 0.787. The third kappa shape index (κ3) is 2.02. The average Bonchev–Trinajstić information content (AvgIpc) is 3.11. The van der Waals surface area contributed by atoms with Crippen molar-refractivity contribution in [2.75, 3.05) is 13.1 Å². The number of aromatic nitrogens is 4. The van der Waals surface area contributed by atoms with E-state index in [1.807, 2.05) is 24.1 Å². The topological polar surface area (TPSA) is 74.8 Å². The molecule has 3 aromatic heterocycles. The fourth-order valence-corrected chi connectivity index (χ4v) is 3.46. The van der Waals surface area contributed by atoms with E-state index in [1.165, 1.54) is 0 Å². The molecule has 0 unspecified atom stereocenters. The molecule has 2 aliphatic rings. The Bertz CT molecular complexity index is 1010. The molecule has 1 saturated carbocycles. The summed E-state index contributed by atoms with van der Waals surface area (Å²) >= 11 is 0. The minimum Gasteiger partial charge on any atom is -0.346 e. The van der Waals surface area contributed by atoms with Gasteiger partial charge in [0.1, 0.15) is 11.5 Å². The van der Waals surface area contributed by atoms with Crippen molar-refractivity contribution in [1.29, 1.82) is 0 Å². The first-order chi connectivity index (χ1) is 11.7. The predicted octanol–water partition coefficient (Wildman–Crippen LogP) is 2.45. The maximum Gasteiger partial charge on any atom is 0.226 e. The maximum atomic E-state index is 12.3. The Morgan fingerprint density at radius 2 is 2.21 bits per heavy atom. The molecule has 0 atom stereocenters. The highest BCUT2D eigenvalue weighted by Gasteiger charge is 2.35. The molecule has 24 heavy (non-hydrogen) atoms. The van der Waals surface area contributed by atoms with E-state index in [-0.39, 0.29) is 11.8 Å². The van der Waals surface area contributed by atoms with Crippen molar-refractivity contribution >= 4 is 33.4 Å². The summed E-state index contributed by atoms with van der Waals surface area (Å²) in [6.45, 7) is 3.21. The smallest absolute Gasteiger partial charge is 0.226 e. The SMILES string of the molecule is Cc1nc(C2=CCN(C(=O)C3CC3)C2)c2c(cnc3[nH]ccc32)n1. The zero-order valence-electron chi connectivity index (χ0n) is 13.4. The van der Waals surface area contributed by atoms with Gasteiger partial charge in [0.05, 0.1) is 17.4 Å². The molecule has 1 N–H and O–H groups in total. The number of aromatic amines is 1. The summed E-state index contributed by atoms with van der Waals surface area (Å²) in [6.07, 6.45) is 7.87. The van der Waals surface area contributed by atoms with Crippen LogP contribution in [0.15, 0.2) is 24.5 Å². The van der Waals surface area contributed by atoms with E-state index < -0.39 is 0 Å². The van der Waals surface area contributed by atoms with Crippen LogP contribution in [-0.4, -0.2) is 43.8 Å². The number of amides is 1. The van der Waals surface area contributed by atoms with Gasteiger partial charge in [0.15, 0.2) is 0 Å². The molecular weight excluding hydrogens is 302 g/mol. The maximum absolute atomic E-state index is 12.3. The zero-order valence-corrected chi connectivity index (χ0v) is 13.4. The second-order valence-corrected chi connectivity index (χ2v) is 6.60. The number of nitrogens with zero attached hydrogens (tertiary/aromatic N) is 4. The van der Waals surface area contributed by atoms with Crippen LogP contribution in [0, 0.1) is 12.8 Å². The molecule has 1 amide bonds. The van der Waals surface area contributed by atoms with Crippen LogP contribution < -0.4 is 0 Å². The fourth-order valence-electron chi connectivity index (χ4n) is 3.46. The van der Waals surface area contributed by atoms with Gasteiger partial charge in [-0.05, 0) is 31.4 Å². The molecule has 6 heteroatoms. The van der Waals surface area contributed by atoms with E-state index in [0.717, 1.165) is 51.9 Å². The van der Waals surface area contributed by atoms with Crippen molar-refractivity contribution < 1.29 is 4.79 Å². The largest absolute Gasteiger partial charge is 0.346 e. The van der Waals surface area contributed by atoms with Gasteiger partial charge in [-0.25, -0.2) is 15.0 Å². The molecule has 0 bridgehead atoms. The predicted molar refractivity (Wildman–Crippen MR) is 91.2 cm³/mol. The zero-order chi connectivity index (χ0) is 16.3. The summed E-state index contributed by atoms with van der Waals surface area (Å²) in [6, 6.07) is 2.01. The van der Waals surface area contributed by atoms with Crippen LogP contribution in [0.25, 0.3) is 27.5 Å². The standard InChI is InChI=1S/C18H17N5O/c1-10-21-14-8-20-17-13(4-6-19-17)15(14)16(22-10)12-5-7-23(9-12)18(24)11-2-3-11/h4-6,8,11H,2-3,7,9H2,1H3,(H,19,20). The fraction of sp³-hybridized carbons (Fsp3) is 0.333. The highest BCUT2D eigenvalue weighted by atomic mass is 16.2. The number of nitrogens with one attached hydrogen (secondary N) is 1.